The van der Waals surface area contributed by atoms with E-state index >= 15 is 0 Å². The van der Waals surface area contributed by atoms with E-state index in [-0.39, 0.29) is 28.9 Å². The highest BCUT2D eigenvalue weighted by molar-refractivity contribution is 6.02. The van der Waals surface area contributed by atoms with Gasteiger partial charge in [0.15, 0.2) is 5.82 Å². The fraction of sp³-hybridized carbons (Fsp3) is 0.211. The largest absolute Gasteiger partial charge is 0.418 e. The third-order valence-electron chi connectivity index (χ3n) is 4.30. The molecule has 1 fully saturated rings. The van der Waals surface area contributed by atoms with Gasteiger partial charge in [-0.2, -0.15) is 0 Å². The van der Waals surface area contributed by atoms with E-state index in [1.54, 1.807) is 18.6 Å². The molecule has 0 unspecified atom stereocenters. The maximum absolute atomic E-state index is 12.5. The predicted octanol–water partition coefficient (Wildman–Crippen LogP) is 2.25. The third-order valence-corrected chi connectivity index (χ3v) is 4.30. The summed E-state index contributed by atoms with van der Waals surface area (Å²) < 4.78 is 5.42. The molecule has 1 saturated carbocycles. The Balaban J connectivity index is 1.56. The van der Waals surface area contributed by atoms with Crippen molar-refractivity contribution in [3.05, 3.63) is 54.6 Å². The molecule has 0 aliphatic heterocycles. The number of anilines is 3. The lowest BCUT2D eigenvalue weighted by atomic mass is 10.2. The topological polar surface area (TPSA) is 144 Å². The second-order valence-corrected chi connectivity index (χ2v) is 6.49. The highest BCUT2D eigenvalue weighted by Crippen LogP contribution is 2.40. The number of rotatable bonds is 6. The number of hydrogen-bond donors (Lipinski definition) is 3. The molecule has 11 heteroatoms. The van der Waals surface area contributed by atoms with Crippen LogP contribution in [0.1, 0.15) is 34.8 Å². The zero-order valence-electron chi connectivity index (χ0n) is 16.0. The Hall–Kier alpha value is -4.15. The number of amides is 2. The van der Waals surface area contributed by atoms with Gasteiger partial charge in [-0.3, -0.25) is 15.1 Å². The Morgan fingerprint density at radius 1 is 1.10 bits per heavy atom. The first-order valence-corrected chi connectivity index (χ1v) is 9.18. The van der Waals surface area contributed by atoms with E-state index in [9.17, 15) is 9.59 Å². The van der Waals surface area contributed by atoms with Crippen LogP contribution in [-0.4, -0.2) is 44.0 Å². The molecule has 3 heterocycles. The quantitative estimate of drug-likeness (QED) is 0.561. The molecule has 2 amide bonds. The Labute approximate surface area is 171 Å². The van der Waals surface area contributed by atoms with Gasteiger partial charge in [-0.1, -0.05) is 0 Å². The van der Waals surface area contributed by atoms with E-state index in [4.69, 9.17) is 4.74 Å². The number of hydrogen-bond acceptors (Lipinski definition) is 9. The van der Waals surface area contributed by atoms with Gasteiger partial charge >= 0.3 is 6.09 Å². The minimum Gasteiger partial charge on any atom is -0.387 e. The molecule has 4 rings (SSSR count). The summed E-state index contributed by atoms with van der Waals surface area (Å²) in [5.41, 5.74) is 1.77. The van der Waals surface area contributed by atoms with Gasteiger partial charge in [0.25, 0.3) is 11.8 Å². The molecule has 1 aliphatic carbocycles. The number of nitrogens with zero attached hydrogens (tertiary/aromatic N) is 5. The number of pyridine rings is 1. The SMILES string of the molecule is CNC(=O)c1ccncc1NC(=O)Oc1nc(C2CC2)cnc1Nc1cncnc1. The fourth-order valence-corrected chi connectivity index (χ4v) is 2.67. The van der Waals surface area contributed by atoms with Crippen LogP contribution in [0.5, 0.6) is 5.88 Å². The first-order valence-electron chi connectivity index (χ1n) is 9.18. The van der Waals surface area contributed by atoms with E-state index in [0.29, 0.717) is 11.6 Å². The van der Waals surface area contributed by atoms with Crippen LogP contribution in [0.25, 0.3) is 0 Å². The van der Waals surface area contributed by atoms with Crippen LogP contribution in [0.3, 0.4) is 0 Å². The molecule has 0 aromatic carbocycles. The summed E-state index contributed by atoms with van der Waals surface area (Å²) in [7, 11) is 1.50. The van der Waals surface area contributed by atoms with Gasteiger partial charge in [0.2, 0.25) is 0 Å². The van der Waals surface area contributed by atoms with Crippen molar-refractivity contribution in [3.63, 3.8) is 0 Å². The van der Waals surface area contributed by atoms with Crippen LogP contribution in [0.15, 0.2) is 43.4 Å². The highest BCUT2D eigenvalue weighted by atomic mass is 16.6. The molecular weight excluding hydrogens is 388 g/mol. The monoisotopic (exact) mass is 406 g/mol. The number of carbonyl (C=O) groups is 2. The lowest BCUT2D eigenvalue weighted by Crippen LogP contribution is -2.23. The molecular formula is C19H18N8O3. The highest BCUT2D eigenvalue weighted by Gasteiger charge is 2.27. The molecule has 0 bridgehead atoms. The first kappa shape index (κ1) is 19.2. The minimum atomic E-state index is -0.831. The van der Waals surface area contributed by atoms with E-state index in [2.05, 4.69) is 40.9 Å². The Bertz CT molecular complexity index is 1070. The van der Waals surface area contributed by atoms with Crippen LogP contribution in [0.4, 0.5) is 22.0 Å². The van der Waals surface area contributed by atoms with Crippen LogP contribution >= 0.6 is 0 Å². The van der Waals surface area contributed by atoms with Crippen molar-refractivity contribution in [2.75, 3.05) is 17.7 Å². The van der Waals surface area contributed by atoms with Gasteiger partial charge in [-0.25, -0.2) is 24.7 Å². The molecule has 3 aromatic rings. The Morgan fingerprint density at radius 2 is 1.90 bits per heavy atom. The first-order chi connectivity index (χ1) is 14.6. The summed E-state index contributed by atoms with van der Waals surface area (Å²) in [6.07, 6.45) is 10.2. The number of carbonyl (C=O) groups excluding carboxylic acids is 2. The molecule has 0 radical (unpaired) electrons. The van der Waals surface area contributed by atoms with E-state index in [1.165, 1.54) is 31.8 Å². The molecule has 3 N–H and O–H groups in total. The smallest absolute Gasteiger partial charge is 0.387 e. The van der Waals surface area contributed by atoms with Crippen molar-refractivity contribution in [3.8, 4) is 5.88 Å². The van der Waals surface area contributed by atoms with Crippen molar-refractivity contribution < 1.29 is 14.3 Å². The van der Waals surface area contributed by atoms with Crippen molar-refractivity contribution in [1.29, 1.82) is 0 Å². The lowest BCUT2D eigenvalue weighted by molar-refractivity contribution is 0.0964. The summed E-state index contributed by atoms with van der Waals surface area (Å²) >= 11 is 0. The van der Waals surface area contributed by atoms with Gasteiger partial charge in [0.05, 0.1) is 47.4 Å². The number of nitrogens with one attached hydrogen (secondary N) is 3. The molecule has 0 atom stereocenters. The standard InChI is InChI=1S/C19H18N8O3/c1-20-17(28)13-4-5-21-8-15(13)27-19(29)30-18-16(25-12-6-22-10-23-7-12)24-9-14(26-18)11-2-3-11/h4-11H,2-3H2,1H3,(H,20,28)(H,24,25)(H,27,29). The number of aromatic nitrogens is 5. The zero-order valence-corrected chi connectivity index (χ0v) is 16.0. The molecule has 152 valence electrons. The van der Waals surface area contributed by atoms with Crippen LogP contribution in [0, 0.1) is 0 Å². The molecule has 11 nitrogen and oxygen atoms in total. The summed E-state index contributed by atoms with van der Waals surface area (Å²) in [6.45, 7) is 0. The van der Waals surface area contributed by atoms with Crippen LogP contribution in [-0.2, 0) is 0 Å². The van der Waals surface area contributed by atoms with Crippen molar-refractivity contribution >= 4 is 29.2 Å². The van der Waals surface area contributed by atoms with Gasteiger partial charge in [-0.05, 0) is 18.9 Å². The van der Waals surface area contributed by atoms with Gasteiger partial charge < -0.3 is 15.4 Å². The Kier molecular flexibility index (Phi) is 5.42. The van der Waals surface area contributed by atoms with Crippen molar-refractivity contribution in [2.24, 2.45) is 0 Å². The minimum absolute atomic E-state index is 0.00568. The summed E-state index contributed by atoms with van der Waals surface area (Å²) in [5.74, 6) is 0.193. The van der Waals surface area contributed by atoms with Crippen LogP contribution in [0.2, 0.25) is 0 Å². The average molecular weight is 406 g/mol. The lowest BCUT2D eigenvalue weighted by Gasteiger charge is -2.13. The molecule has 3 aromatic heterocycles. The molecule has 30 heavy (non-hydrogen) atoms. The van der Waals surface area contributed by atoms with E-state index < -0.39 is 6.09 Å². The van der Waals surface area contributed by atoms with Crippen LogP contribution < -0.4 is 20.7 Å². The number of ether oxygens (including phenoxy) is 1. The van der Waals surface area contributed by atoms with E-state index in [0.717, 1.165) is 18.5 Å². The van der Waals surface area contributed by atoms with Gasteiger partial charge in [0, 0.05) is 19.2 Å². The maximum Gasteiger partial charge on any atom is 0.418 e. The van der Waals surface area contributed by atoms with E-state index in [1.807, 2.05) is 0 Å². The normalized spacial score (nSPS) is 12.7. The average Bonchev–Trinajstić information content (AvgIpc) is 3.61. The zero-order chi connectivity index (χ0) is 20.9. The van der Waals surface area contributed by atoms with Gasteiger partial charge in [-0.15, -0.1) is 0 Å². The van der Waals surface area contributed by atoms with Crippen molar-refractivity contribution in [1.82, 2.24) is 30.2 Å². The summed E-state index contributed by atoms with van der Waals surface area (Å²) in [4.78, 5) is 45.1. The second-order valence-electron chi connectivity index (χ2n) is 6.49. The Morgan fingerprint density at radius 3 is 2.63 bits per heavy atom. The summed E-state index contributed by atoms with van der Waals surface area (Å²) in [5, 5.41) is 8.02. The molecule has 1 aliphatic rings. The fourth-order valence-electron chi connectivity index (χ4n) is 2.67. The predicted molar refractivity (Wildman–Crippen MR) is 107 cm³/mol. The second kappa shape index (κ2) is 8.47. The summed E-state index contributed by atoms with van der Waals surface area (Å²) in [6, 6.07) is 1.49. The molecule has 0 saturated heterocycles. The maximum atomic E-state index is 12.5. The molecule has 0 spiro atoms. The van der Waals surface area contributed by atoms with Crippen molar-refractivity contribution in [2.45, 2.75) is 18.8 Å². The van der Waals surface area contributed by atoms with Gasteiger partial charge in [0.1, 0.15) is 6.33 Å². The third kappa shape index (κ3) is 4.46.